The molecule has 0 radical (unpaired) electrons. The molecule has 0 fully saturated rings. The van der Waals surface area contributed by atoms with Crippen molar-refractivity contribution in [3.63, 3.8) is 0 Å². The maximum absolute atomic E-state index is 13.5. The number of hydrogen-bond donors (Lipinski definition) is 2. The van der Waals surface area contributed by atoms with Gasteiger partial charge in [0.1, 0.15) is 6.04 Å². The van der Waals surface area contributed by atoms with Gasteiger partial charge in [0.2, 0.25) is 5.91 Å². The Morgan fingerprint density at radius 3 is 2.42 bits per heavy atom. The number of aliphatic carboxylic acids is 1. The van der Waals surface area contributed by atoms with Crippen molar-refractivity contribution in [2.75, 3.05) is 11.9 Å². The SMILES string of the molecule is CC(C)n1cnc2c1C(C(=O)Nc1cccc(Cl)c1)N(Cc1ccccc1)CC2.O=C(O)C(F)(F)F. The molecule has 7 nitrogen and oxygen atoms in total. The maximum Gasteiger partial charge on any atom is 0.490 e. The van der Waals surface area contributed by atoms with Crippen LogP contribution in [0.1, 0.15) is 42.9 Å². The van der Waals surface area contributed by atoms with Gasteiger partial charge >= 0.3 is 12.1 Å². The van der Waals surface area contributed by atoms with E-state index >= 15 is 0 Å². The summed E-state index contributed by atoms with van der Waals surface area (Å²) in [6, 6.07) is 17.3. The molecule has 0 bridgehead atoms. The quantitative estimate of drug-likeness (QED) is 0.463. The number of rotatable bonds is 5. The molecule has 0 aliphatic carbocycles. The van der Waals surface area contributed by atoms with Crippen LogP contribution in [0.3, 0.4) is 0 Å². The zero-order valence-electron chi connectivity index (χ0n) is 19.7. The van der Waals surface area contributed by atoms with Crippen LogP contribution in [-0.4, -0.2) is 44.2 Å². The number of halogens is 4. The van der Waals surface area contributed by atoms with Crippen molar-refractivity contribution in [2.45, 2.75) is 45.1 Å². The summed E-state index contributed by atoms with van der Waals surface area (Å²) in [6.45, 7) is 5.72. The summed E-state index contributed by atoms with van der Waals surface area (Å²) in [5, 5.41) is 10.8. The van der Waals surface area contributed by atoms with Gasteiger partial charge in [0.05, 0.1) is 17.7 Å². The molecule has 1 amide bonds. The van der Waals surface area contributed by atoms with Gasteiger partial charge < -0.3 is 15.0 Å². The number of amides is 1. The lowest BCUT2D eigenvalue weighted by atomic mass is 9.99. The highest BCUT2D eigenvalue weighted by atomic mass is 35.5. The molecule has 0 saturated carbocycles. The number of nitrogens with zero attached hydrogens (tertiary/aromatic N) is 3. The van der Waals surface area contributed by atoms with Crippen LogP contribution in [0.5, 0.6) is 0 Å². The van der Waals surface area contributed by atoms with Crippen molar-refractivity contribution >= 4 is 29.2 Å². The number of carbonyl (C=O) groups is 2. The Hall–Kier alpha value is -3.37. The lowest BCUT2D eigenvalue weighted by Crippen LogP contribution is -2.42. The number of anilines is 1. The normalized spacial score (nSPS) is 15.6. The number of carbonyl (C=O) groups excluding carboxylic acids is 1. The Balaban J connectivity index is 0.000000454. The van der Waals surface area contributed by atoms with E-state index in [0.717, 1.165) is 24.4 Å². The molecule has 1 aromatic heterocycles. The molecule has 3 aromatic rings. The van der Waals surface area contributed by atoms with Crippen molar-refractivity contribution < 1.29 is 27.9 Å². The van der Waals surface area contributed by atoms with E-state index in [0.29, 0.717) is 17.3 Å². The van der Waals surface area contributed by atoms with E-state index in [1.54, 1.807) is 12.1 Å². The first-order valence-corrected chi connectivity index (χ1v) is 11.5. The standard InChI is InChI=1S/C23H25ClN4O.C2HF3O2/c1-16(2)28-15-25-20-11-12-27(14-17-7-4-3-5-8-17)22(21(20)28)23(29)26-19-10-6-9-18(24)13-19;3-2(4,5)1(6)7/h3-10,13,15-16,22H,11-12,14H2,1-2H3,(H,26,29);(H,6,7). The van der Waals surface area contributed by atoms with Crippen LogP contribution < -0.4 is 5.32 Å². The molecule has 2 aromatic carbocycles. The summed E-state index contributed by atoms with van der Waals surface area (Å²) in [5.41, 5.74) is 3.88. The number of fused-ring (bicyclic) bond motifs is 1. The van der Waals surface area contributed by atoms with Crippen LogP contribution in [-0.2, 0) is 22.6 Å². The Morgan fingerprint density at radius 1 is 1.17 bits per heavy atom. The van der Waals surface area contributed by atoms with Crippen molar-refractivity contribution in [2.24, 2.45) is 0 Å². The van der Waals surface area contributed by atoms with Crippen LogP contribution >= 0.6 is 11.6 Å². The van der Waals surface area contributed by atoms with Crippen molar-refractivity contribution in [1.82, 2.24) is 14.5 Å². The van der Waals surface area contributed by atoms with E-state index in [4.69, 9.17) is 21.5 Å². The fourth-order valence-corrected chi connectivity index (χ4v) is 4.11. The van der Waals surface area contributed by atoms with Gasteiger partial charge in [0.25, 0.3) is 0 Å². The molecule has 2 heterocycles. The minimum Gasteiger partial charge on any atom is -0.475 e. The molecule has 2 N–H and O–H groups in total. The number of imidazole rings is 1. The topological polar surface area (TPSA) is 87.5 Å². The highest BCUT2D eigenvalue weighted by Gasteiger charge is 2.38. The molecule has 1 aliphatic rings. The zero-order valence-corrected chi connectivity index (χ0v) is 20.4. The molecule has 36 heavy (non-hydrogen) atoms. The van der Waals surface area contributed by atoms with E-state index in [1.165, 1.54) is 5.56 Å². The maximum atomic E-state index is 13.5. The van der Waals surface area contributed by atoms with Gasteiger partial charge in [-0.05, 0) is 37.6 Å². The smallest absolute Gasteiger partial charge is 0.475 e. The summed E-state index contributed by atoms with van der Waals surface area (Å²) >= 11 is 6.10. The number of carboxylic acids is 1. The lowest BCUT2D eigenvalue weighted by molar-refractivity contribution is -0.192. The predicted molar refractivity (Wildman–Crippen MR) is 130 cm³/mol. The third-order valence-electron chi connectivity index (χ3n) is 5.54. The van der Waals surface area contributed by atoms with Crippen molar-refractivity contribution in [3.8, 4) is 0 Å². The minimum atomic E-state index is -5.08. The number of nitrogens with one attached hydrogen (secondary N) is 1. The first kappa shape index (κ1) is 27.2. The second-order valence-corrected chi connectivity index (χ2v) is 8.93. The highest BCUT2D eigenvalue weighted by molar-refractivity contribution is 6.30. The Bertz CT molecular complexity index is 1200. The van der Waals surface area contributed by atoms with Crippen molar-refractivity contribution in [1.29, 1.82) is 0 Å². The summed E-state index contributed by atoms with van der Waals surface area (Å²) in [4.78, 5) is 29.2. The Morgan fingerprint density at radius 2 is 1.83 bits per heavy atom. The lowest BCUT2D eigenvalue weighted by Gasteiger charge is -2.36. The van der Waals surface area contributed by atoms with E-state index in [9.17, 15) is 18.0 Å². The van der Waals surface area contributed by atoms with Crippen LogP contribution in [0.2, 0.25) is 5.02 Å². The van der Waals surface area contributed by atoms with Crippen LogP contribution in [0.25, 0.3) is 0 Å². The number of benzene rings is 2. The molecule has 4 rings (SSSR count). The van der Waals surface area contributed by atoms with Gasteiger partial charge in [0, 0.05) is 36.3 Å². The Labute approximate surface area is 211 Å². The Kier molecular flexibility index (Phi) is 8.75. The molecule has 1 unspecified atom stereocenters. The third kappa shape index (κ3) is 6.86. The zero-order chi connectivity index (χ0) is 26.5. The predicted octanol–water partition coefficient (Wildman–Crippen LogP) is 5.49. The second-order valence-electron chi connectivity index (χ2n) is 8.49. The average molecular weight is 523 g/mol. The minimum absolute atomic E-state index is 0.0634. The molecule has 192 valence electrons. The molecule has 0 saturated heterocycles. The van der Waals surface area contributed by atoms with Gasteiger partial charge in [-0.25, -0.2) is 9.78 Å². The van der Waals surface area contributed by atoms with E-state index in [-0.39, 0.29) is 11.9 Å². The molecular formula is C25H26ClF3N4O3. The average Bonchev–Trinajstić information content (AvgIpc) is 3.24. The summed E-state index contributed by atoms with van der Waals surface area (Å²) in [7, 11) is 0. The van der Waals surface area contributed by atoms with Gasteiger partial charge in [-0.1, -0.05) is 48.0 Å². The van der Waals surface area contributed by atoms with E-state index < -0.39 is 18.2 Å². The summed E-state index contributed by atoms with van der Waals surface area (Å²) in [6.07, 6.45) is -2.39. The van der Waals surface area contributed by atoms with Gasteiger partial charge in [-0.3, -0.25) is 9.69 Å². The molecule has 11 heteroatoms. The summed E-state index contributed by atoms with van der Waals surface area (Å²) < 4.78 is 33.9. The van der Waals surface area contributed by atoms with Gasteiger partial charge in [-0.2, -0.15) is 13.2 Å². The molecular weight excluding hydrogens is 497 g/mol. The first-order chi connectivity index (χ1) is 17.0. The van der Waals surface area contributed by atoms with E-state index in [1.807, 2.05) is 36.7 Å². The van der Waals surface area contributed by atoms with Gasteiger partial charge in [-0.15, -0.1) is 0 Å². The van der Waals surface area contributed by atoms with Gasteiger partial charge in [0.15, 0.2) is 0 Å². The number of aromatic nitrogens is 2. The largest absolute Gasteiger partial charge is 0.490 e. The van der Waals surface area contributed by atoms with Crippen LogP contribution in [0.4, 0.5) is 18.9 Å². The fraction of sp³-hybridized carbons (Fsp3) is 0.320. The number of hydrogen-bond acceptors (Lipinski definition) is 4. The summed E-state index contributed by atoms with van der Waals surface area (Å²) in [5.74, 6) is -2.82. The fourth-order valence-electron chi connectivity index (χ4n) is 3.92. The molecule has 1 aliphatic heterocycles. The number of carboxylic acid groups (broad SMARTS) is 1. The molecule has 0 spiro atoms. The third-order valence-corrected chi connectivity index (χ3v) is 5.77. The van der Waals surface area contributed by atoms with Crippen LogP contribution in [0.15, 0.2) is 60.9 Å². The van der Waals surface area contributed by atoms with Crippen molar-refractivity contribution in [3.05, 3.63) is 82.9 Å². The molecule has 1 atom stereocenters. The number of alkyl halides is 3. The monoisotopic (exact) mass is 522 g/mol. The first-order valence-electron chi connectivity index (χ1n) is 11.2. The van der Waals surface area contributed by atoms with E-state index in [2.05, 4.69) is 45.7 Å². The second kappa shape index (κ2) is 11.6. The highest BCUT2D eigenvalue weighted by Crippen LogP contribution is 2.33. The van der Waals surface area contributed by atoms with Crippen LogP contribution in [0, 0.1) is 0 Å².